The minimum absolute atomic E-state index is 0.0496. The van der Waals surface area contributed by atoms with Gasteiger partial charge in [-0.1, -0.05) is 51.3 Å². The molecular weight excluding hydrogens is 519 g/mol. The molecule has 0 radical (unpaired) electrons. The number of urea groups is 1. The molecule has 2 aromatic rings. The fourth-order valence-electron chi connectivity index (χ4n) is 4.48. The van der Waals surface area contributed by atoms with Crippen LogP contribution < -0.4 is 4.90 Å². The smallest absolute Gasteiger partial charge is 0.332 e. The third kappa shape index (κ3) is 3.45. The Bertz CT molecular complexity index is 1150. The number of amides is 4. The molecule has 0 aliphatic carbocycles. The number of alkyl halides is 1. The van der Waals surface area contributed by atoms with Crippen molar-refractivity contribution < 1.29 is 14.4 Å². The number of hydrogen-bond acceptors (Lipinski definition) is 4. The molecule has 0 N–H and O–H groups in total. The van der Waals surface area contributed by atoms with E-state index in [0.29, 0.717) is 15.6 Å². The van der Waals surface area contributed by atoms with Crippen molar-refractivity contribution >= 4 is 62.7 Å². The van der Waals surface area contributed by atoms with Crippen LogP contribution in [-0.2, 0) is 9.59 Å². The van der Waals surface area contributed by atoms with Crippen molar-refractivity contribution in [1.29, 1.82) is 5.26 Å². The van der Waals surface area contributed by atoms with Crippen LogP contribution in [0.3, 0.4) is 0 Å². The van der Waals surface area contributed by atoms with Gasteiger partial charge in [0.05, 0.1) is 29.2 Å². The number of imide groups is 1. The highest BCUT2D eigenvalue weighted by molar-refractivity contribution is 9.09. The van der Waals surface area contributed by atoms with Crippen LogP contribution in [0.2, 0.25) is 10.0 Å². The number of carbonyl (C=O) groups excluding carboxylic acids is 3. The molecule has 2 aromatic carbocycles. The molecule has 4 amide bonds. The number of nitrogens with zero attached hydrogens (tertiary/aromatic N) is 4. The van der Waals surface area contributed by atoms with Gasteiger partial charge in [-0.25, -0.2) is 9.69 Å². The first-order valence-electron chi connectivity index (χ1n) is 9.65. The predicted octanol–water partition coefficient (Wildman–Crippen LogP) is 4.02. The topological polar surface area (TPSA) is 84.7 Å². The highest BCUT2D eigenvalue weighted by atomic mass is 79.9. The Morgan fingerprint density at radius 1 is 1.19 bits per heavy atom. The number of anilines is 1. The van der Waals surface area contributed by atoms with Crippen molar-refractivity contribution in [3.63, 3.8) is 0 Å². The average Bonchev–Trinajstić information content (AvgIpc) is 3.26. The van der Waals surface area contributed by atoms with E-state index in [4.69, 9.17) is 28.5 Å². The van der Waals surface area contributed by atoms with Gasteiger partial charge in [0.15, 0.2) is 0 Å². The number of carbonyl (C=O) groups is 3. The summed E-state index contributed by atoms with van der Waals surface area (Å²) >= 11 is 15.4. The molecule has 2 atom stereocenters. The van der Waals surface area contributed by atoms with Gasteiger partial charge < -0.3 is 9.80 Å². The van der Waals surface area contributed by atoms with Crippen LogP contribution in [0.5, 0.6) is 0 Å². The molecule has 7 nitrogen and oxygen atoms in total. The van der Waals surface area contributed by atoms with Crippen LogP contribution in [0.4, 0.5) is 10.5 Å². The number of rotatable bonds is 3. The minimum Gasteiger partial charge on any atom is -0.338 e. The van der Waals surface area contributed by atoms with Crippen molar-refractivity contribution in [3.05, 3.63) is 63.6 Å². The third-order valence-corrected chi connectivity index (χ3v) is 6.99. The zero-order valence-electron chi connectivity index (χ0n) is 16.9. The number of hydrogen-bond donors (Lipinski definition) is 0. The van der Waals surface area contributed by atoms with Gasteiger partial charge in [-0.3, -0.25) is 9.59 Å². The maximum Gasteiger partial charge on any atom is 0.332 e. The molecule has 0 bridgehead atoms. The fourth-order valence-corrected chi connectivity index (χ4v) is 5.35. The lowest BCUT2D eigenvalue weighted by molar-refractivity contribution is -0.128. The Hall–Kier alpha value is -2.60. The molecule has 1 unspecified atom stereocenters. The van der Waals surface area contributed by atoms with E-state index in [9.17, 15) is 14.4 Å². The first-order valence-corrected chi connectivity index (χ1v) is 11.5. The first-order chi connectivity index (χ1) is 15.2. The normalized spacial score (nSPS) is 22.7. The van der Waals surface area contributed by atoms with Gasteiger partial charge in [0.25, 0.3) is 5.91 Å². The summed E-state index contributed by atoms with van der Waals surface area (Å²) in [5.41, 5.74) is 0.196. The molecule has 2 fully saturated rings. The number of nitriles is 1. The summed E-state index contributed by atoms with van der Waals surface area (Å²) in [7, 11) is 1.56. The molecule has 2 heterocycles. The Balaban J connectivity index is 1.84. The summed E-state index contributed by atoms with van der Waals surface area (Å²) in [4.78, 5) is 43.8. The van der Waals surface area contributed by atoms with Crippen LogP contribution in [0.15, 0.2) is 42.5 Å². The van der Waals surface area contributed by atoms with Gasteiger partial charge in [-0.05, 0) is 35.9 Å². The van der Waals surface area contributed by atoms with Crippen LogP contribution >= 0.6 is 39.1 Å². The Morgan fingerprint density at radius 3 is 2.38 bits per heavy atom. The number of likely N-dealkylation sites (N-methyl/N-ethyl adjacent to an activating group) is 1. The monoisotopic (exact) mass is 534 g/mol. The van der Waals surface area contributed by atoms with Crippen molar-refractivity contribution in [3.8, 4) is 6.07 Å². The summed E-state index contributed by atoms with van der Waals surface area (Å²) in [5, 5.41) is 9.82. The van der Waals surface area contributed by atoms with E-state index >= 15 is 0 Å². The molecule has 2 saturated heterocycles. The zero-order chi connectivity index (χ0) is 23.2. The number of likely N-dealkylation sites (tertiary alicyclic amines) is 1. The molecule has 2 aliphatic rings. The molecule has 32 heavy (non-hydrogen) atoms. The SMILES string of the molecule is CN1C(=O)N(c2cc(Cl)cc(Cl)c2)C(=O)C12CN(C(=O)CBr)C[C@H]2c1ccc(C#N)cc1. The van der Waals surface area contributed by atoms with Gasteiger partial charge in [0, 0.05) is 29.6 Å². The fraction of sp³-hybridized carbons (Fsp3) is 0.273. The van der Waals surface area contributed by atoms with E-state index in [1.807, 2.05) is 0 Å². The standard InChI is InChI=1S/C22H17BrCl2N4O3/c1-27-21(32)29(17-7-15(24)6-16(25)8-17)20(31)22(27)12-28(19(30)9-23)11-18(22)14-4-2-13(10-26)3-5-14/h2-8,18H,9,11-12H2,1H3/t18-,22?/m0/s1. The van der Waals surface area contributed by atoms with Crippen molar-refractivity contribution in [2.45, 2.75) is 11.5 Å². The van der Waals surface area contributed by atoms with Gasteiger partial charge in [0.2, 0.25) is 5.91 Å². The molecule has 4 rings (SSSR count). The number of benzene rings is 2. The zero-order valence-corrected chi connectivity index (χ0v) is 20.0. The molecule has 0 saturated carbocycles. The quantitative estimate of drug-likeness (QED) is 0.439. The van der Waals surface area contributed by atoms with E-state index < -0.39 is 23.4 Å². The highest BCUT2D eigenvalue weighted by Crippen LogP contribution is 2.46. The molecular formula is C22H17BrCl2N4O3. The van der Waals surface area contributed by atoms with Crippen LogP contribution in [0, 0.1) is 11.3 Å². The Labute approximate surface area is 203 Å². The molecule has 10 heteroatoms. The summed E-state index contributed by atoms with van der Waals surface area (Å²) in [6, 6.07) is 12.9. The minimum atomic E-state index is -1.31. The second-order valence-electron chi connectivity index (χ2n) is 7.73. The van der Waals surface area contributed by atoms with Crippen molar-refractivity contribution in [1.82, 2.24) is 9.80 Å². The van der Waals surface area contributed by atoms with Crippen molar-refractivity contribution in [2.75, 3.05) is 30.4 Å². The summed E-state index contributed by atoms with van der Waals surface area (Å²) in [6.45, 7) is 0.303. The van der Waals surface area contributed by atoms with E-state index in [0.717, 1.165) is 10.5 Å². The average molecular weight is 536 g/mol. The summed E-state index contributed by atoms with van der Waals surface area (Å²) < 4.78 is 0. The number of halogens is 3. The molecule has 2 aliphatic heterocycles. The van der Waals surface area contributed by atoms with Gasteiger partial charge in [0.1, 0.15) is 5.54 Å². The van der Waals surface area contributed by atoms with Crippen LogP contribution in [-0.4, -0.2) is 58.7 Å². The summed E-state index contributed by atoms with van der Waals surface area (Å²) in [6.07, 6.45) is 0. The maximum atomic E-state index is 13.9. The van der Waals surface area contributed by atoms with E-state index in [1.165, 1.54) is 23.1 Å². The van der Waals surface area contributed by atoms with Crippen molar-refractivity contribution in [2.24, 2.45) is 0 Å². The maximum absolute atomic E-state index is 13.9. The third-order valence-electron chi connectivity index (χ3n) is 6.08. The Kier molecular flexibility index (Phi) is 5.93. The van der Waals surface area contributed by atoms with E-state index in [2.05, 4.69) is 22.0 Å². The largest absolute Gasteiger partial charge is 0.338 e. The van der Waals surface area contributed by atoms with E-state index in [-0.39, 0.29) is 30.0 Å². The first kappa shape index (κ1) is 22.6. The predicted molar refractivity (Wildman–Crippen MR) is 124 cm³/mol. The molecule has 0 aromatic heterocycles. The lowest BCUT2D eigenvalue weighted by atomic mass is 9.80. The lowest BCUT2D eigenvalue weighted by Gasteiger charge is -2.33. The second-order valence-corrected chi connectivity index (χ2v) is 9.16. The summed E-state index contributed by atoms with van der Waals surface area (Å²) in [5.74, 6) is -1.12. The Morgan fingerprint density at radius 2 is 1.81 bits per heavy atom. The van der Waals surface area contributed by atoms with Crippen LogP contribution in [0.25, 0.3) is 0 Å². The molecule has 1 spiro atoms. The van der Waals surface area contributed by atoms with Gasteiger partial charge in [-0.2, -0.15) is 5.26 Å². The lowest BCUT2D eigenvalue weighted by Crippen LogP contribution is -2.54. The second kappa shape index (κ2) is 8.39. The van der Waals surface area contributed by atoms with Gasteiger partial charge in [-0.15, -0.1) is 0 Å². The van der Waals surface area contributed by atoms with Crippen LogP contribution in [0.1, 0.15) is 17.0 Å². The molecule has 164 valence electrons. The van der Waals surface area contributed by atoms with Gasteiger partial charge >= 0.3 is 6.03 Å². The van der Waals surface area contributed by atoms with E-state index in [1.54, 1.807) is 36.2 Å². The highest BCUT2D eigenvalue weighted by Gasteiger charge is 2.64.